The van der Waals surface area contributed by atoms with Crippen molar-refractivity contribution >= 4 is 23.2 Å². The Balaban J connectivity index is 1.66. The molecule has 2 rings (SSSR count). The van der Waals surface area contributed by atoms with Gasteiger partial charge in [-0.3, -0.25) is 9.59 Å². The summed E-state index contributed by atoms with van der Waals surface area (Å²) in [5, 5.41) is 0. The van der Waals surface area contributed by atoms with Crippen LogP contribution in [-0.2, 0) is 9.59 Å². The third-order valence-electron chi connectivity index (χ3n) is 4.32. The van der Waals surface area contributed by atoms with Gasteiger partial charge >= 0.3 is 0 Å². The Morgan fingerprint density at radius 2 is 1.00 bits per heavy atom. The van der Waals surface area contributed by atoms with Gasteiger partial charge in [0, 0.05) is 38.3 Å². The largest absolute Gasteiger partial charge is 0.316 e. The van der Waals surface area contributed by atoms with Crippen LogP contribution in [0, 0.1) is 0 Å². The molecule has 0 heterocycles. The van der Waals surface area contributed by atoms with Crippen LogP contribution in [0.5, 0.6) is 0 Å². The second-order valence-corrected chi connectivity index (χ2v) is 6.14. The van der Waals surface area contributed by atoms with E-state index in [4.69, 9.17) is 0 Å². The average molecular weight is 338 g/mol. The van der Waals surface area contributed by atoms with Crippen LogP contribution in [0.15, 0.2) is 60.7 Å². The van der Waals surface area contributed by atoms with Gasteiger partial charge in [-0.15, -0.1) is 0 Å². The van der Waals surface area contributed by atoms with Crippen LogP contribution in [0.2, 0.25) is 0 Å². The summed E-state index contributed by atoms with van der Waals surface area (Å²) >= 11 is 0. The highest BCUT2D eigenvalue weighted by atomic mass is 16.2. The first-order valence-electron chi connectivity index (χ1n) is 8.73. The Hall–Kier alpha value is -2.62. The van der Waals surface area contributed by atoms with E-state index < -0.39 is 0 Å². The molecule has 0 unspecified atom stereocenters. The fraction of sp³-hybridized carbons (Fsp3) is 0.333. The molecular weight excluding hydrogens is 312 g/mol. The molecule has 0 fully saturated rings. The molecule has 0 bridgehead atoms. The summed E-state index contributed by atoms with van der Waals surface area (Å²) in [6.45, 7) is 0. The van der Waals surface area contributed by atoms with E-state index in [2.05, 4.69) is 0 Å². The highest BCUT2D eigenvalue weighted by Gasteiger charge is 2.12. The lowest BCUT2D eigenvalue weighted by Crippen LogP contribution is -2.26. The number of benzene rings is 2. The molecule has 4 heteroatoms. The third kappa shape index (κ3) is 5.75. The number of amides is 2. The molecule has 0 radical (unpaired) electrons. The summed E-state index contributed by atoms with van der Waals surface area (Å²) in [4.78, 5) is 27.7. The zero-order valence-corrected chi connectivity index (χ0v) is 15.0. The maximum absolute atomic E-state index is 12.2. The van der Waals surface area contributed by atoms with Gasteiger partial charge in [0.1, 0.15) is 0 Å². The topological polar surface area (TPSA) is 40.6 Å². The first kappa shape index (κ1) is 18.7. The maximum atomic E-state index is 12.2. The molecule has 0 spiro atoms. The molecule has 2 aromatic carbocycles. The van der Waals surface area contributed by atoms with Crippen LogP contribution in [0.3, 0.4) is 0 Å². The lowest BCUT2D eigenvalue weighted by atomic mass is 10.1. The van der Waals surface area contributed by atoms with Gasteiger partial charge in [-0.25, -0.2) is 0 Å². The van der Waals surface area contributed by atoms with Gasteiger partial charge in [0.25, 0.3) is 0 Å². The predicted molar refractivity (Wildman–Crippen MR) is 103 cm³/mol. The van der Waals surface area contributed by atoms with Crippen LogP contribution >= 0.6 is 0 Å². The van der Waals surface area contributed by atoms with Crippen LogP contribution in [0.4, 0.5) is 11.4 Å². The van der Waals surface area contributed by atoms with Crippen molar-refractivity contribution in [2.24, 2.45) is 0 Å². The van der Waals surface area contributed by atoms with E-state index in [1.54, 1.807) is 23.9 Å². The average Bonchev–Trinajstić information content (AvgIpc) is 2.67. The van der Waals surface area contributed by atoms with E-state index in [1.165, 1.54) is 0 Å². The van der Waals surface area contributed by atoms with Crippen LogP contribution in [0.25, 0.3) is 0 Å². The molecule has 0 saturated heterocycles. The van der Waals surface area contributed by atoms with Crippen LogP contribution < -0.4 is 9.80 Å². The van der Waals surface area contributed by atoms with Crippen molar-refractivity contribution in [3.63, 3.8) is 0 Å². The number of carbonyl (C=O) groups is 2. The highest BCUT2D eigenvalue weighted by molar-refractivity contribution is 5.93. The lowest BCUT2D eigenvalue weighted by molar-refractivity contribution is -0.118. The number of para-hydroxylation sites is 2. The molecule has 0 aromatic heterocycles. The number of unbranched alkanes of at least 4 members (excludes halogenated alkanes) is 2. The molecule has 2 aromatic rings. The minimum Gasteiger partial charge on any atom is -0.316 e. The molecule has 0 aliphatic heterocycles. The van der Waals surface area contributed by atoms with E-state index in [0.29, 0.717) is 12.8 Å². The van der Waals surface area contributed by atoms with Gasteiger partial charge < -0.3 is 9.80 Å². The van der Waals surface area contributed by atoms with Crippen molar-refractivity contribution in [3.8, 4) is 0 Å². The molecule has 0 N–H and O–H groups in total. The molecular formula is C21H26N2O2. The fourth-order valence-electron chi connectivity index (χ4n) is 2.66. The SMILES string of the molecule is CN(C(=O)CCCCCC(=O)N(C)c1ccccc1)c1ccccc1. The summed E-state index contributed by atoms with van der Waals surface area (Å²) in [5.41, 5.74) is 1.82. The third-order valence-corrected chi connectivity index (χ3v) is 4.32. The molecule has 4 nitrogen and oxygen atoms in total. The van der Waals surface area contributed by atoms with Crippen molar-refractivity contribution < 1.29 is 9.59 Å². The Labute approximate surface area is 150 Å². The highest BCUT2D eigenvalue weighted by Crippen LogP contribution is 2.15. The van der Waals surface area contributed by atoms with Crippen molar-refractivity contribution in [2.45, 2.75) is 32.1 Å². The molecule has 0 aliphatic rings. The van der Waals surface area contributed by atoms with Crippen molar-refractivity contribution in [1.29, 1.82) is 0 Å². The zero-order chi connectivity index (χ0) is 18.1. The van der Waals surface area contributed by atoms with Gasteiger partial charge in [-0.05, 0) is 37.1 Å². The summed E-state index contributed by atoms with van der Waals surface area (Å²) < 4.78 is 0. The van der Waals surface area contributed by atoms with Gasteiger partial charge in [0.2, 0.25) is 11.8 Å². The van der Waals surface area contributed by atoms with Gasteiger partial charge in [0.15, 0.2) is 0 Å². The number of anilines is 2. The second-order valence-electron chi connectivity index (χ2n) is 6.14. The molecule has 0 aliphatic carbocycles. The summed E-state index contributed by atoms with van der Waals surface area (Å²) in [5.74, 6) is 0.220. The number of nitrogens with zero attached hydrogens (tertiary/aromatic N) is 2. The smallest absolute Gasteiger partial charge is 0.226 e. The zero-order valence-electron chi connectivity index (χ0n) is 15.0. The van der Waals surface area contributed by atoms with Crippen molar-refractivity contribution in [3.05, 3.63) is 60.7 Å². The Kier molecular flexibility index (Phi) is 7.20. The van der Waals surface area contributed by atoms with E-state index in [0.717, 1.165) is 30.6 Å². The summed E-state index contributed by atoms with van der Waals surface area (Å²) in [6.07, 6.45) is 3.50. The van der Waals surface area contributed by atoms with E-state index in [9.17, 15) is 9.59 Å². The van der Waals surface area contributed by atoms with E-state index in [-0.39, 0.29) is 11.8 Å². The number of hydrogen-bond donors (Lipinski definition) is 0. The lowest BCUT2D eigenvalue weighted by Gasteiger charge is -2.18. The van der Waals surface area contributed by atoms with Crippen LogP contribution in [0.1, 0.15) is 32.1 Å². The fourth-order valence-corrected chi connectivity index (χ4v) is 2.66. The van der Waals surface area contributed by atoms with Gasteiger partial charge in [-0.2, -0.15) is 0 Å². The molecule has 132 valence electrons. The second kappa shape index (κ2) is 9.62. The van der Waals surface area contributed by atoms with E-state index >= 15 is 0 Å². The molecule has 0 atom stereocenters. The predicted octanol–water partition coefficient (Wildman–Crippen LogP) is 4.26. The Morgan fingerprint density at radius 1 is 0.640 bits per heavy atom. The number of rotatable bonds is 8. The molecule has 25 heavy (non-hydrogen) atoms. The van der Waals surface area contributed by atoms with Crippen molar-refractivity contribution in [2.75, 3.05) is 23.9 Å². The van der Waals surface area contributed by atoms with Crippen LogP contribution in [-0.4, -0.2) is 25.9 Å². The van der Waals surface area contributed by atoms with E-state index in [1.807, 2.05) is 60.7 Å². The minimum atomic E-state index is 0.110. The summed E-state index contributed by atoms with van der Waals surface area (Å²) in [7, 11) is 3.60. The standard InChI is InChI=1S/C21H26N2O2/c1-22(18-12-6-3-7-13-18)20(24)16-10-5-11-17-21(25)23(2)19-14-8-4-9-15-19/h3-4,6-9,12-15H,5,10-11,16-17H2,1-2H3. The monoisotopic (exact) mass is 338 g/mol. The maximum Gasteiger partial charge on any atom is 0.226 e. The summed E-state index contributed by atoms with van der Waals surface area (Å²) in [6, 6.07) is 19.3. The first-order chi connectivity index (χ1) is 12.1. The molecule has 2 amide bonds. The molecule has 0 saturated carbocycles. The first-order valence-corrected chi connectivity index (χ1v) is 8.73. The number of hydrogen-bond acceptors (Lipinski definition) is 2. The minimum absolute atomic E-state index is 0.110. The van der Waals surface area contributed by atoms with Crippen molar-refractivity contribution in [1.82, 2.24) is 0 Å². The number of carbonyl (C=O) groups excluding carboxylic acids is 2. The Bertz CT molecular complexity index is 611. The quantitative estimate of drug-likeness (QED) is 0.675. The van der Waals surface area contributed by atoms with Gasteiger partial charge in [-0.1, -0.05) is 42.8 Å². The van der Waals surface area contributed by atoms with Gasteiger partial charge in [0.05, 0.1) is 0 Å². The Morgan fingerprint density at radius 3 is 1.36 bits per heavy atom. The normalized spacial score (nSPS) is 10.3.